The van der Waals surface area contributed by atoms with Crippen molar-refractivity contribution in [2.75, 3.05) is 32.1 Å². The number of thioether (sulfide) groups is 2. The average Bonchev–Trinajstić information content (AvgIpc) is 2.80. The summed E-state index contributed by atoms with van der Waals surface area (Å²) < 4.78 is 0. The largest absolute Gasteiger partial charge is 0.507 e. The van der Waals surface area contributed by atoms with E-state index >= 15 is 0 Å². The smallest absolute Gasteiger partial charge is 0.128 e. The number of hydrogen-bond donors (Lipinski definition) is 1. The minimum atomic E-state index is 0.350. The average molecular weight is 296 g/mol. The van der Waals surface area contributed by atoms with Crippen LogP contribution in [0.3, 0.4) is 0 Å². The molecule has 1 atom stereocenters. The summed E-state index contributed by atoms with van der Waals surface area (Å²) >= 11 is 3.55. The van der Waals surface area contributed by atoms with Crippen LogP contribution in [0.5, 0.6) is 5.75 Å². The second-order valence-corrected chi connectivity index (χ2v) is 6.71. The summed E-state index contributed by atoms with van der Waals surface area (Å²) in [5, 5.41) is 11.5. The zero-order valence-electron chi connectivity index (χ0n) is 11.6. The number of aryl methyl sites for hydroxylation is 1. The first kappa shape index (κ1) is 14.8. The Labute approximate surface area is 123 Å². The Hall–Kier alpha value is -0.650. The van der Waals surface area contributed by atoms with Gasteiger partial charge in [-0.15, -0.1) is 23.5 Å². The Kier molecular flexibility index (Phi) is 5.19. The predicted molar refractivity (Wildman–Crippen MR) is 86.6 cm³/mol. The third-order valence-corrected chi connectivity index (χ3v) is 5.35. The van der Waals surface area contributed by atoms with Gasteiger partial charge in [0.2, 0.25) is 0 Å². The van der Waals surface area contributed by atoms with Crippen molar-refractivity contribution in [1.82, 2.24) is 4.90 Å². The van der Waals surface area contributed by atoms with Gasteiger partial charge >= 0.3 is 0 Å². The number of likely N-dealkylation sites (N-methyl/N-ethyl adjacent to an activating group) is 1. The minimum absolute atomic E-state index is 0.350. The number of aromatic hydroxyl groups is 1. The van der Waals surface area contributed by atoms with Gasteiger partial charge in [0.25, 0.3) is 0 Å². The molecule has 1 aromatic rings. The van der Waals surface area contributed by atoms with Gasteiger partial charge < -0.3 is 5.11 Å². The molecule has 1 aliphatic rings. The lowest BCUT2D eigenvalue weighted by molar-refractivity contribution is 0.357. The maximum atomic E-state index is 10.1. The fourth-order valence-electron chi connectivity index (χ4n) is 2.05. The summed E-state index contributed by atoms with van der Waals surface area (Å²) in [6.45, 7) is 3.83. The van der Waals surface area contributed by atoms with E-state index in [1.807, 2.05) is 43.1 Å². The summed E-state index contributed by atoms with van der Waals surface area (Å²) in [7, 11) is 2.14. The van der Waals surface area contributed by atoms with Crippen molar-refractivity contribution >= 4 is 28.6 Å². The third kappa shape index (κ3) is 3.46. The van der Waals surface area contributed by atoms with Gasteiger partial charge in [-0.2, -0.15) is 0 Å². The molecule has 0 unspecified atom stereocenters. The molecule has 1 aliphatic heterocycles. The topological polar surface area (TPSA) is 35.8 Å². The molecule has 0 saturated carbocycles. The van der Waals surface area contributed by atoms with E-state index in [1.54, 1.807) is 11.8 Å². The number of benzene rings is 1. The fourth-order valence-corrected chi connectivity index (χ4v) is 3.84. The molecule has 1 N–H and O–H groups in total. The predicted octanol–water partition coefficient (Wildman–Crippen LogP) is 2.81. The Morgan fingerprint density at radius 3 is 3.00 bits per heavy atom. The first-order chi connectivity index (χ1) is 9.13. The van der Waals surface area contributed by atoms with Crippen LogP contribution in [0.15, 0.2) is 23.2 Å². The van der Waals surface area contributed by atoms with Crippen LogP contribution in [0.25, 0.3) is 0 Å². The van der Waals surface area contributed by atoms with Gasteiger partial charge in [-0.25, -0.2) is 0 Å². The van der Waals surface area contributed by atoms with Crippen LogP contribution < -0.4 is 0 Å². The molecule has 0 radical (unpaired) electrons. The normalized spacial score (nSPS) is 21.0. The van der Waals surface area contributed by atoms with E-state index in [2.05, 4.69) is 11.9 Å². The highest BCUT2D eigenvalue weighted by Gasteiger charge is 2.21. The van der Waals surface area contributed by atoms with Crippen molar-refractivity contribution in [3.63, 3.8) is 0 Å². The Morgan fingerprint density at radius 1 is 1.58 bits per heavy atom. The molecule has 1 heterocycles. The van der Waals surface area contributed by atoms with Crippen LogP contribution in [0.2, 0.25) is 0 Å². The van der Waals surface area contributed by atoms with Crippen LogP contribution in [-0.2, 0) is 0 Å². The highest BCUT2D eigenvalue weighted by atomic mass is 32.2. The Morgan fingerprint density at radius 2 is 2.37 bits per heavy atom. The molecule has 1 saturated heterocycles. The first-order valence-corrected chi connectivity index (χ1v) is 8.60. The summed E-state index contributed by atoms with van der Waals surface area (Å²) in [5.74, 6) is 1.53. The molecule has 104 valence electrons. The first-order valence-electron chi connectivity index (χ1n) is 6.32. The maximum absolute atomic E-state index is 10.1. The highest BCUT2D eigenvalue weighted by Crippen LogP contribution is 2.27. The standard InChI is InChI=1S/C14H20N2OS2/c1-10-5-4-6-11(13(10)17)14(18-3)15-9-12-16(2)7-8-19-12/h4-6,12,17H,7-9H2,1-3H3/t12-/m1/s1. The number of rotatable bonds is 3. The van der Waals surface area contributed by atoms with Crippen molar-refractivity contribution in [3.8, 4) is 5.75 Å². The number of nitrogens with zero attached hydrogens (tertiary/aromatic N) is 2. The van der Waals surface area contributed by atoms with Gasteiger partial charge in [-0.05, 0) is 31.9 Å². The molecule has 19 heavy (non-hydrogen) atoms. The summed E-state index contributed by atoms with van der Waals surface area (Å²) in [5.41, 5.74) is 1.74. The van der Waals surface area contributed by atoms with Gasteiger partial charge in [0.15, 0.2) is 0 Å². The molecule has 5 heteroatoms. The summed E-state index contributed by atoms with van der Waals surface area (Å²) in [4.78, 5) is 7.04. The van der Waals surface area contributed by atoms with Gasteiger partial charge in [0.1, 0.15) is 10.8 Å². The van der Waals surface area contributed by atoms with Gasteiger partial charge in [0, 0.05) is 17.9 Å². The van der Waals surface area contributed by atoms with Gasteiger partial charge in [-0.3, -0.25) is 9.89 Å². The molecule has 3 nitrogen and oxygen atoms in total. The molecule has 0 spiro atoms. The molecule has 0 bridgehead atoms. The molecule has 0 aromatic heterocycles. The van der Waals surface area contributed by atoms with E-state index in [0.29, 0.717) is 11.1 Å². The zero-order valence-corrected chi connectivity index (χ0v) is 13.2. The number of phenolic OH excluding ortho intramolecular Hbond substituents is 1. The molecule has 1 aromatic carbocycles. The van der Waals surface area contributed by atoms with Crippen LogP contribution in [-0.4, -0.2) is 52.6 Å². The van der Waals surface area contributed by atoms with Crippen molar-refractivity contribution in [1.29, 1.82) is 0 Å². The van der Waals surface area contributed by atoms with Crippen LogP contribution in [0.1, 0.15) is 11.1 Å². The molecule has 2 rings (SSSR count). The van der Waals surface area contributed by atoms with Gasteiger partial charge in [0.05, 0.1) is 11.9 Å². The summed E-state index contributed by atoms with van der Waals surface area (Å²) in [6, 6.07) is 5.81. The SMILES string of the molecule is CSC(=NC[C@H]1SCCN1C)c1cccc(C)c1O. The van der Waals surface area contributed by atoms with E-state index in [0.717, 1.165) is 29.3 Å². The van der Waals surface area contributed by atoms with Crippen LogP contribution in [0, 0.1) is 6.92 Å². The number of phenols is 1. The Bertz CT molecular complexity index is 477. The van der Waals surface area contributed by atoms with E-state index in [9.17, 15) is 5.11 Å². The van der Waals surface area contributed by atoms with E-state index in [-0.39, 0.29) is 0 Å². The molecule has 0 amide bonds. The molecular weight excluding hydrogens is 276 g/mol. The maximum Gasteiger partial charge on any atom is 0.128 e. The van der Waals surface area contributed by atoms with Crippen molar-refractivity contribution < 1.29 is 5.11 Å². The lowest BCUT2D eigenvalue weighted by atomic mass is 10.1. The summed E-state index contributed by atoms with van der Waals surface area (Å²) in [6.07, 6.45) is 2.01. The molecule has 1 fully saturated rings. The highest BCUT2D eigenvalue weighted by molar-refractivity contribution is 8.13. The third-order valence-electron chi connectivity index (χ3n) is 3.30. The monoisotopic (exact) mass is 296 g/mol. The van der Waals surface area contributed by atoms with Crippen LogP contribution >= 0.6 is 23.5 Å². The molecular formula is C14H20N2OS2. The zero-order chi connectivity index (χ0) is 13.8. The fraction of sp³-hybridized carbons (Fsp3) is 0.500. The lowest BCUT2D eigenvalue weighted by Crippen LogP contribution is -2.26. The second-order valence-electron chi connectivity index (χ2n) is 4.63. The van der Waals surface area contributed by atoms with Crippen molar-refractivity contribution in [2.24, 2.45) is 4.99 Å². The number of aliphatic imine (C=N–C) groups is 1. The van der Waals surface area contributed by atoms with E-state index in [4.69, 9.17) is 4.99 Å². The van der Waals surface area contributed by atoms with Crippen LogP contribution in [0.4, 0.5) is 0 Å². The van der Waals surface area contributed by atoms with E-state index < -0.39 is 0 Å². The van der Waals surface area contributed by atoms with E-state index in [1.165, 1.54) is 5.75 Å². The minimum Gasteiger partial charge on any atom is -0.507 e. The van der Waals surface area contributed by atoms with Gasteiger partial charge in [-0.1, -0.05) is 12.1 Å². The number of hydrogen-bond acceptors (Lipinski definition) is 5. The quantitative estimate of drug-likeness (QED) is 0.687. The molecule has 0 aliphatic carbocycles. The number of para-hydroxylation sites is 1. The van der Waals surface area contributed by atoms with Crippen molar-refractivity contribution in [2.45, 2.75) is 12.3 Å². The second kappa shape index (κ2) is 6.68. The lowest BCUT2D eigenvalue weighted by Gasteiger charge is -2.16. The van der Waals surface area contributed by atoms with Crippen molar-refractivity contribution in [3.05, 3.63) is 29.3 Å². The Balaban J connectivity index is 2.17.